The smallest absolute Gasteiger partial charge is 0.100 e. The summed E-state index contributed by atoms with van der Waals surface area (Å²) >= 11 is 0. The van der Waals surface area contributed by atoms with Crippen molar-refractivity contribution >= 4 is 5.84 Å². The molecule has 13 heavy (non-hydrogen) atoms. The highest BCUT2D eigenvalue weighted by Gasteiger charge is 2.38. The van der Waals surface area contributed by atoms with Gasteiger partial charge in [0.1, 0.15) is 5.84 Å². The van der Waals surface area contributed by atoms with Gasteiger partial charge in [0, 0.05) is 12.0 Å². The highest BCUT2D eigenvalue weighted by Crippen LogP contribution is 2.34. The van der Waals surface area contributed by atoms with Crippen LogP contribution in [0, 0.1) is 5.92 Å². The van der Waals surface area contributed by atoms with Crippen molar-refractivity contribution in [2.24, 2.45) is 16.6 Å². The topological polar surface area (TPSA) is 50.4 Å². The first-order valence-electron chi connectivity index (χ1n) is 5.43. The van der Waals surface area contributed by atoms with E-state index in [1.54, 1.807) is 0 Å². The molecule has 3 heteroatoms. The van der Waals surface area contributed by atoms with Crippen molar-refractivity contribution in [3.05, 3.63) is 0 Å². The van der Waals surface area contributed by atoms with Crippen molar-refractivity contribution < 1.29 is 0 Å². The number of hydrogen-bond donors (Lipinski definition) is 2. The van der Waals surface area contributed by atoms with Crippen LogP contribution in [0.25, 0.3) is 0 Å². The lowest BCUT2D eigenvalue weighted by molar-refractivity contribution is 0.347. The SMILES string of the molecule is NC1CCC2N=C(C3CC3)NC2C1. The van der Waals surface area contributed by atoms with Gasteiger partial charge in [-0.3, -0.25) is 4.99 Å². The quantitative estimate of drug-likeness (QED) is 0.621. The molecular weight excluding hydrogens is 162 g/mol. The molecule has 72 valence electrons. The fourth-order valence-electron chi connectivity index (χ4n) is 2.48. The molecule has 3 unspecified atom stereocenters. The van der Waals surface area contributed by atoms with Crippen LogP contribution in [-0.2, 0) is 0 Å². The lowest BCUT2D eigenvalue weighted by atomic mass is 9.88. The fraction of sp³-hybridized carbons (Fsp3) is 0.900. The minimum absolute atomic E-state index is 0.405. The Morgan fingerprint density at radius 2 is 2.08 bits per heavy atom. The number of hydrogen-bond acceptors (Lipinski definition) is 3. The zero-order valence-electron chi connectivity index (χ0n) is 7.87. The van der Waals surface area contributed by atoms with Crippen molar-refractivity contribution in [3.8, 4) is 0 Å². The molecule has 2 fully saturated rings. The van der Waals surface area contributed by atoms with E-state index in [4.69, 9.17) is 10.7 Å². The van der Waals surface area contributed by atoms with E-state index >= 15 is 0 Å². The van der Waals surface area contributed by atoms with Crippen LogP contribution in [0.3, 0.4) is 0 Å². The molecule has 3 N–H and O–H groups in total. The Morgan fingerprint density at radius 1 is 1.23 bits per heavy atom. The summed E-state index contributed by atoms with van der Waals surface area (Å²) in [5, 5.41) is 3.56. The Hall–Kier alpha value is -0.570. The summed E-state index contributed by atoms with van der Waals surface area (Å²) in [6.45, 7) is 0. The average molecular weight is 179 g/mol. The standard InChI is InChI=1S/C10H17N3/c11-7-3-4-8-9(5-7)13-10(12-8)6-1-2-6/h6-9H,1-5,11H2,(H,12,13). The maximum Gasteiger partial charge on any atom is 0.100 e. The van der Waals surface area contributed by atoms with Gasteiger partial charge in [0.05, 0.1) is 12.1 Å². The third kappa shape index (κ3) is 1.35. The molecule has 0 bridgehead atoms. The number of nitrogens with zero attached hydrogens (tertiary/aromatic N) is 1. The molecule has 0 saturated heterocycles. The predicted octanol–water partition coefficient (Wildman–Crippen LogP) is 0.646. The van der Waals surface area contributed by atoms with Gasteiger partial charge in [0.25, 0.3) is 0 Å². The molecule has 0 aromatic carbocycles. The average Bonchev–Trinajstić information content (AvgIpc) is 2.87. The summed E-state index contributed by atoms with van der Waals surface area (Å²) in [6.07, 6.45) is 6.15. The summed E-state index contributed by atoms with van der Waals surface area (Å²) in [6, 6.07) is 1.53. The number of rotatable bonds is 1. The first-order valence-corrected chi connectivity index (χ1v) is 5.43. The second kappa shape index (κ2) is 2.71. The maximum atomic E-state index is 5.94. The Morgan fingerprint density at radius 3 is 2.85 bits per heavy atom. The summed E-state index contributed by atoms with van der Waals surface area (Å²) in [4.78, 5) is 4.76. The molecule has 3 atom stereocenters. The van der Waals surface area contributed by atoms with Gasteiger partial charge in [-0.15, -0.1) is 0 Å². The molecule has 0 aromatic rings. The molecule has 3 rings (SSSR count). The molecule has 2 saturated carbocycles. The molecule has 2 aliphatic carbocycles. The number of fused-ring (bicyclic) bond motifs is 1. The Labute approximate surface area is 78.8 Å². The van der Waals surface area contributed by atoms with Gasteiger partial charge in [-0.05, 0) is 32.1 Å². The van der Waals surface area contributed by atoms with Crippen LogP contribution in [0.4, 0.5) is 0 Å². The molecule has 0 radical (unpaired) electrons. The molecule has 1 aliphatic heterocycles. The van der Waals surface area contributed by atoms with E-state index in [1.807, 2.05) is 0 Å². The fourth-order valence-corrected chi connectivity index (χ4v) is 2.48. The summed E-state index contributed by atoms with van der Waals surface area (Å²) < 4.78 is 0. The Balaban J connectivity index is 1.71. The highest BCUT2D eigenvalue weighted by molar-refractivity contribution is 5.88. The van der Waals surface area contributed by atoms with Crippen molar-refractivity contribution in [1.29, 1.82) is 0 Å². The number of nitrogens with one attached hydrogen (secondary N) is 1. The molecule has 0 amide bonds. The minimum atomic E-state index is 0.405. The molecule has 3 aliphatic rings. The highest BCUT2D eigenvalue weighted by atomic mass is 15.1. The van der Waals surface area contributed by atoms with Gasteiger partial charge in [0.2, 0.25) is 0 Å². The van der Waals surface area contributed by atoms with Crippen molar-refractivity contribution in [3.63, 3.8) is 0 Å². The van der Waals surface area contributed by atoms with Crippen LogP contribution in [0.2, 0.25) is 0 Å². The van der Waals surface area contributed by atoms with E-state index in [1.165, 1.54) is 25.1 Å². The Bertz CT molecular complexity index is 245. The van der Waals surface area contributed by atoms with Crippen molar-refractivity contribution in [2.75, 3.05) is 0 Å². The van der Waals surface area contributed by atoms with Crippen LogP contribution in [-0.4, -0.2) is 24.0 Å². The molecule has 0 spiro atoms. The minimum Gasteiger partial charge on any atom is -0.369 e. The summed E-state index contributed by atoms with van der Waals surface area (Å²) in [5.41, 5.74) is 5.94. The van der Waals surface area contributed by atoms with Gasteiger partial charge < -0.3 is 11.1 Å². The third-order valence-corrected chi connectivity index (χ3v) is 3.46. The van der Waals surface area contributed by atoms with Gasteiger partial charge >= 0.3 is 0 Å². The second-order valence-electron chi connectivity index (χ2n) is 4.68. The second-order valence-corrected chi connectivity index (χ2v) is 4.68. The number of aliphatic imine (C=N–C) groups is 1. The van der Waals surface area contributed by atoms with E-state index < -0.39 is 0 Å². The lowest BCUT2D eigenvalue weighted by Gasteiger charge is -2.28. The molecule has 3 nitrogen and oxygen atoms in total. The first-order chi connectivity index (χ1) is 6.33. The first kappa shape index (κ1) is 7.80. The van der Waals surface area contributed by atoms with Gasteiger partial charge in [0.15, 0.2) is 0 Å². The van der Waals surface area contributed by atoms with Crippen LogP contribution in [0.5, 0.6) is 0 Å². The molecule has 1 heterocycles. The molecular formula is C10H17N3. The summed E-state index contributed by atoms with van der Waals surface area (Å²) in [5.74, 6) is 2.07. The monoisotopic (exact) mass is 179 g/mol. The van der Waals surface area contributed by atoms with E-state index in [0.717, 1.165) is 18.8 Å². The maximum absolute atomic E-state index is 5.94. The zero-order valence-corrected chi connectivity index (χ0v) is 7.87. The van der Waals surface area contributed by atoms with Crippen LogP contribution in [0.1, 0.15) is 32.1 Å². The van der Waals surface area contributed by atoms with E-state index in [0.29, 0.717) is 18.1 Å². The lowest BCUT2D eigenvalue weighted by Crippen LogP contribution is -2.44. The Kier molecular flexibility index (Phi) is 1.62. The van der Waals surface area contributed by atoms with Crippen molar-refractivity contribution in [1.82, 2.24) is 5.32 Å². The van der Waals surface area contributed by atoms with Crippen LogP contribution < -0.4 is 11.1 Å². The molecule has 0 aromatic heterocycles. The van der Waals surface area contributed by atoms with Gasteiger partial charge in [-0.1, -0.05) is 0 Å². The van der Waals surface area contributed by atoms with Crippen LogP contribution >= 0.6 is 0 Å². The van der Waals surface area contributed by atoms with Crippen molar-refractivity contribution in [2.45, 2.75) is 50.2 Å². The van der Waals surface area contributed by atoms with E-state index in [-0.39, 0.29) is 0 Å². The third-order valence-electron chi connectivity index (χ3n) is 3.46. The number of nitrogens with two attached hydrogens (primary N) is 1. The summed E-state index contributed by atoms with van der Waals surface area (Å²) in [7, 11) is 0. The van der Waals surface area contributed by atoms with E-state index in [9.17, 15) is 0 Å². The number of amidine groups is 1. The van der Waals surface area contributed by atoms with Crippen LogP contribution in [0.15, 0.2) is 4.99 Å². The predicted molar refractivity (Wildman–Crippen MR) is 52.7 cm³/mol. The zero-order chi connectivity index (χ0) is 8.84. The van der Waals surface area contributed by atoms with Gasteiger partial charge in [-0.2, -0.15) is 0 Å². The largest absolute Gasteiger partial charge is 0.369 e. The van der Waals surface area contributed by atoms with Gasteiger partial charge in [-0.25, -0.2) is 0 Å². The normalized spacial score (nSPS) is 43.8. The van der Waals surface area contributed by atoms with E-state index in [2.05, 4.69) is 5.32 Å².